The van der Waals surface area contributed by atoms with Gasteiger partial charge in [-0.1, -0.05) is 12.1 Å². The van der Waals surface area contributed by atoms with Crippen molar-refractivity contribution in [1.29, 1.82) is 0 Å². The maximum absolute atomic E-state index is 12.7. The minimum absolute atomic E-state index is 0.185. The number of rotatable bonds is 7. The molecule has 32 heavy (non-hydrogen) atoms. The van der Waals surface area contributed by atoms with E-state index in [9.17, 15) is 14.7 Å². The number of hydrogen-bond acceptors (Lipinski definition) is 6. The fourth-order valence-corrected chi connectivity index (χ4v) is 2.95. The summed E-state index contributed by atoms with van der Waals surface area (Å²) in [5.41, 5.74) is 4.79. The molecule has 0 saturated heterocycles. The van der Waals surface area contributed by atoms with E-state index < -0.39 is 11.8 Å². The largest absolute Gasteiger partial charge is 0.508 e. The lowest BCUT2D eigenvalue weighted by Crippen LogP contribution is -2.21. The number of para-hydroxylation sites is 1. The molecule has 0 bridgehead atoms. The van der Waals surface area contributed by atoms with Gasteiger partial charge in [-0.05, 0) is 66.6 Å². The Kier molecular flexibility index (Phi) is 7.07. The van der Waals surface area contributed by atoms with Gasteiger partial charge in [0.2, 0.25) is 0 Å². The lowest BCUT2D eigenvalue weighted by Gasteiger charge is -2.12. The molecule has 8 heteroatoms. The molecule has 8 nitrogen and oxygen atoms in total. The van der Waals surface area contributed by atoms with Crippen LogP contribution in [0, 0.1) is 6.92 Å². The van der Waals surface area contributed by atoms with Crippen LogP contribution in [0.4, 0.5) is 5.69 Å². The third-order valence-electron chi connectivity index (χ3n) is 4.67. The van der Waals surface area contributed by atoms with Crippen molar-refractivity contribution in [3.05, 3.63) is 82.9 Å². The predicted molar refractivity (Wildman–Crippen MR) is 122 cm³/mol. The van der Waals surface area contributed by atoms with E-state index in [2.05, 4.69) is 15.8 Å². The molecule has 0 saturated carbocycles. The quantitative estimate of drug-likeness (QED) is 0.389. The molecule has 0 aliphatic carbocycles. The molecule has 0 fully saturated rings. The van der Waals surface area contributed by atoms with Crippen LogP contribution in [0.2, 0.25) is 0 Å². The van der Waals surface area contributed by atoms with Gasteiger partial charge in [0, 0.05) is 5.56 Å². The van der Waals surface area contributed by atoms with Gasteiger partial charge in [0.25, 0.3) is 11.8 Å². The highest BCUT2D eigenvalue weighted by Crippen LogP contribution is 2.28. The van der Waals surface area contributed by atoms with E-state index in [1.807, 2.05) is 0 Å². The minimum Gasteiger partial charge on any atom is -0.508 e. The number of benzene rings is 3. The van der Waals surface area contributed by atoms with Crippen LogP contribution in [0.25, 0.3) is 0 Å². The number of phenols is 1. The molecule has 0 heterocycles. The number of nitrogens with one attached hydrogen (secondary N) is 2. The van der Waals surface area contributed by atoms with Crippen molar-refractivity contribution in [2.45, 2.75) is 6.92 Å². The van der Waals surface area contributed by atoms with Gasteiger partial charge >= 0.3 is 0 Å². The molecule has 0 radical (unpaired) electrons. The van der Waals surface area contributed by atoms with E-state index in [1.165, 1.54) is 20.4 Å². The van der Waals surface area contributed by atoms with Gasteiger partial charge in [-0.25, -0.2) is 5.43 Å². The number of phenolic OH excluding ortho intramolecular Hbond substituents is 1. The molecule has 2 amide bonds. The monoisotopic (exact) mass is 433 g/mol. The molecule has 0 aliphatic rings. The topological polar surface area (TPSA) is 109 Å². The lowest BCUT2D eigenvalue weighted by atomic mass is 10.1. The molecule has 0 unspecified atom stereocenters. The highest BCUT2D eigenvalue weighted by atomic mass is 16.5. The second-order valence-corrected chi connectivity index (χ2v) is 6.81. The third kappa shape index (κ3) is 5.23. The number of hydrogen-bond donors (Lipinski definition) is 3. The van der Waals surface area contributed by atoms with Crippen molar-refractivity contribution in [2.24, 2.45) is 5.10 Å². The number of ether oxygens (including phenoxy) is 2. The van der Waals surface area contributed by atoms with E-state index in [0.29, 0.717) is 28.3 Å². The molecule has 3 N–H and O–H groups in total. The summed E-state index contributed by atoms with van der Waals surface area (Å²) in [6, 6.07) is 16.4. The molecule has 0 aromatic heterocycles. The summed E-state index contributed by atoms with van der Waals surface area (Å²) in [6.45, 7) is 1.77. The van der Waals surface area contributed by atoms with Crippen molar-refractivity contribution in [2.75, 3.05) is 19.5 Å². The fraction of sp³-hybridized carbons (Fsp3) is 0.125. The average molecular weight is 433 g/mol. The molecule has 0 atom stereocenters. The molecule has 3 aromatic carbocycles. The van der Waals surface area contributed by atoms with E-state index in [0.717, 1.165) is 5.56 Å². The van der Waals surface area contributed by atoms with Gasteiger partial charge in [-0.2, -0.15) is 5.10 Å². The number of carbonyl (C=O) groups is 2. The maximum atomic E-state index is 12.7. The van der Waals surface area contributed by atoms with Gasteiger partial charge in [0.15, 0.2) is 11.5 Å². The van der Waals surface area contributed by atoms with Gasteiger partial charge in [-0.3, -0.25) is 9.59 Å². The minimum atomic E-state index is -0.486. The summed E-state index contributed by atoms with van der Waals surface area (Å²) in [7, 11) is 3.00. The number of nitrogens with zero attached hydrogens (tertiary/aromatic N) is 1. The van der Waals surface area contributed by atoms with Crippen molar-refractivity contribution in [1.82, 2.24) is 5.43 Å². The Hall–Kier alpha value is -4.33. The normalized spacial score (nSPS) is 10.6. The van der Waals surface area contributed by atoms with Crippen LogP contribution in [0.15, 0.2) is 65.8 Å². The highest BCUT2D eigenvalue weighted by Gasteiger charge is 2.15. The molecule has 0 aliphatic heterocycles. The summed E-state index contributed by atoms with van der Waals surface area (Å²) in [5.74, 6) is 0.218. The van der Waals surface area contributed by atoms with Gasteiger partial charge in [0.05, 0.1) is 31.7 Å². The molecule has 3 aromatic rings. The SMILES string of the molecule is COc1ccc(C(=O)Nc2ccccc2C(=O)N/N=C/c2ccc(O)c(C)c2)cc1OC. The number of methoxy groups -OCH3 is 2. The summed E-state index contributed by atoms with van der Waals surface area (Å²) in [4.78, 5) is 25.4. The van der Waals surface area contributed by atoms with Crippen LogP contribution in [-0.2, 0) is 0 Å². The number of anilines is 1. The molecular weight excluding hydrogens is 410 g/mol. The smallest absolute Gasteiger partial charge is 0.273 e. The first-order valence-corrected chi connectivity index (χ1v) is 9.68. The molecule has 0 spiro atoms. The number of aromatic hydroxyl groups is 1. The summed E-state index contributed by atoms with van der Waals surface area (Å²) in [6.07, 6.45) is 1.47. The molecule has 3 rings (SSSR count). The number of carbonyl (C=O) groups excluding carboxylic acids is 2. The predicted octanol–water partition coefficient (Wildman–Crippen LogP) is 3.73. The van der Waals surface area contributed by atoms with Crippen LogP contribution >= 0.6 is 0 Å². The van der Waals surface area contributed by atoms with Gasteiger partial charge in [0.1, 0.15) is 5.75 Å². The van der Waals surface area contributed by atoms with Crippen LogP contribution in [0.1, 0.15) is 31.8 Å². The summed E-state index contributed by atoms with van der Waals surface area (Å²) >= 11 is 0. The van der Waals surface area contributed by atoms with Gasteiger partial charge < -0.3 is 19.9 Å². The number of hydrazone groups is 1. The van der Waals surface area contributed by atoms with Crippen molar-refractivity contribution < 1.29 is 24.2 Å². The standard InChI is InChI=1S/C24H23N3O5/c1-15-12-16(8-10-20(15)28)14-25-27-24(30)18-6-4-5-7-19(18)26-23(29)17-9-11-21(31-2)22(13-17)32-3/h4-14,28H,1-3H3,(H,26,29)(H,27,30)/b25-14+. The first kappa shape index (κ1) is 22.4. The Morgan fingerprint density at radius 3 is 2.41 bits per heavy atom. The second kappa shape index (κ2) is 10.1. The first-order valence-electron chi connectivity index (χ1n) is 9.68. The number of aryl methyl sites for hydroxylation is 1. The Bertz CT molecular complexity index is 1170. The van der Waals surface area contributed by atoms with E-state index >= 15 is 0 Å². The third-order valence-corrected chi connectivity index (χ3v) is 4.67. The first-order chi connectivity index (χ1) is 15.4. The zero-order valence-electron chi connectivity index (χ0n) is 17.9. The van der Waals surface area contributed by atoms with Crippen molar-refractivity contribution in [3.8, 4) is 17.2 Å². The Labute approximate surface area is 185 Å². The second-order valence-electron chi connectivity index (χ2n) is 6.81. The maximum Gasteiger partial charge on any atom is 0.273 e. The van der Waals surface area contributed by atoms with Crippen molar-refractivity contribution >= 4 is 23.7 Å². The summed E-state index contributed by atoms with van der Waals surface area (Å²) < 4.78 is 10.4. The Morgan fingerprint density at radius 1 is 0.938 bits per heavy atom. The zero-order valence-corrected chi connectivity index (χ0v) is 17.9. The van der Waals surface area contributed by atoms with Crippen LogP contribution in [-0.4, -0.2) is 37.4 Å². The van der Waals surface area contributed by atoms with Crippen LogP contribution in [0.5, 0.6) is 17.2 Å². The molecular formula is C24H23N3O5. The zero-order chi connectivity index (χ0) is 23.1. The van der Waals surface area contributed by atoms with Crippen molar-refractivity contribution in [3.63, 3.8) is 0 Å². The fourth-order valence-electron chi connectivity index (χ4n) is 2.95. The Balaban J connectivity index is 1.73. The lowest BCUT2D eigenvalue weighted by molar-refractivity contribution is 0.0956. The average Bonchev–Trinajstić information content (AvgIpc) is 2.81. The highest BCUT2D eigenvalue weighted by molar-refractivity contribution is 6.09. The van der Waals surface area contributed by atoms with E-state index in [1.54, 1.807) is 67.6 Å². The van der Waals surface area contributed by atoms with Crippen LogP contribution < -0.4 is 20.2 Å². The van der Waals surface area contributed by atoms with E-state index in [-0.39, 0.29) is 11.3 Å². The molecule has 164 valence electrons. The number of amides is 2. The van der Waals surface area contributed by atoms with E-state index in [4.69, 9.17) is 9.47 Å². The Morgan fingerprint density at radius 2 is 1.69 bits per heavy atom. The van der Waals surface area contributed by atoms with Crippen LogP contribution in [0.3, 0.4) is 0 Å². The van der Waals surface area contributed by atoms with Gasteiger partial charge in [-0.15, -0.1) is 0 Å². The summed E-state index contributed by atoms with van der Waals surface area (Å²) in [5, 5.41) is 16.3.